The highest BCUT2D eigenvalue weighted by Crippen LogP contribution is 2.37. The Labute approximate surface area is 209 Å². The predicted octanol–water partition coefficient (Wildman–Crippen LogP) is 3.20. The monoisotopic (exact) mass is 494 g/mol. The smallest absolute Gasteiger partial charge is 0.267 e. The molecule has 184 valence electrons. The maximum Gasteiger partial charge on any atom is 0.267 e. The number of hydrogen-bond donors (Lipinski definition) is 1. The lowest BCUT2D eigenvalue weighted by Gasteiger charge is -2.39. The van der Waals surface area contributed by atoms with Gasteiger partial charge in [0.25, 0.3) is 5.91 Å². The molecular weight excluding hydrogens is 464 g/mol. The Morgan fingerprint density at radius 2 is 1.86 bits per heavy atom. The standard InChI is InChI=1S/C26H30N4O4S/c1-17(24(31)28-25-19(15-27)18-7-3-2-4-10-23(18)35-25)29-11-13-30(14-12-29)26(32)22-16-33-20-8-5-6-9-21(20)34-22/h5-6,8-9,17,22H,2-4,7,10-14,16H2,1H3,(H,28,31)/t17-,22-/m1/s1. The van der Waals surface area contributed by atoms with Gasteiger partial charge in [0.2, 0.25) is 12.0 Å². The summed E-state index contributed by atoms with van der Waals surface area (Å²) in [6.45, 7) is 4.31. The van der Waals surface area contributed by atoms with Gasteiger partial charge in [-0.2, -0.15) is 5.26 Å². The van der Waals surface area contributed by atoms with E-state index in [1.165, 1.54) is 11.3 Å². The molecule has 0 saturated carbocycles. The number of carbonyl (C=O) groups is 2. The number of anilines is 1. The first-order chi connectivity index (χ1) is 17.0. The molecule has 2 aliphatic heterocycles. The first-order valence-corrected chi connectivity index (χ1v) is 13.1. The molecule has 9 heteroatoms. The summed E-state index contributed by atoms with van der Waals surface area (Å²) < 4.78 is 11.6. The van der Waals surface area contributed by atoms with Gasteiger partial charge in [0.15, 0.2) is 11.5 Å². The second-order valence-corrected chi connectivity index (χ2v) is 10.4. The third-order valence-corrected chi connectivity index (χ3v) is 8.31. The molecule has 0 radical (unpaired) electrons. The maximum absolute atomic E-state index is 13.1. The molecule has 8 nitrogen and oxygen atoms in total. The van der Waals surface area contributed by atoms with Crippen LogP contribution in [-0.2, 0) is 22.4 Å². The van der Waals surface area contributed by atoms with Crippen molar-refractivity contribution in [1.29, 1.82) is 5.26 Å². The number of amides is 2. The lowest BCUT2D eigenvalue weighted by Crippen LogP contribution is -2.57. The fourth-order valence-electron chi connectivity index (χ4n) is 5.01. The zero-order valence-corrected chi connectivity index (χ0v) is 20.7. The zero-order valence-electron chi connectivity index (χ0n) is 19.9. The highest BCUT2D eigenvalue weighted by atomic mass is 32.1. The summed E-state index contributed by atoms with van der Waals surface area (Å²) in [5, 5.41) is 13.4. The first-order valence-electron chi connectivity index (χ1n) is 12.3. The second kappa shape index (κ2) is 10.3. The van der Waals surface area contributed by atoms with E-state index in [9.17, 15) is 14.9 Å². The average molecular weight is 495 g/mol. The van der Waals surface area contributed by atoms with Gasteiger partial charge in [0.05, 0.1) is 11.6 Å². The largest absolute Gasteiger partial charge is 0.485 e. The number of benzene rings is 1. The van der Waals surface area contributed by atoms with Gasteiger partial charge in [-0.3, -0.25) is 14.5 Å². The summed E-state index contributed by atoms with van der Waals surface area (Å²) >= 11 is 1.56. The molecule has 2 aromatic rings. The molecule has 1 N–H and O–H groups in total. The number of nitrogens with zero attached hydrogens (tertiary/aromatic N) is 3. The van der Waals surface area contributed by atoms with Crippen LogP contribution in [0.25, 0.3) is 0 Å². The van der Waals surface area contributed by atoms with Crippen LogP contribution in [-0.4, -0.2) is 66.5 Å². The Bertz CT molecular complexity index is 1150. The molecule has 3 heterocycles. The van der Waals surface area contributed by atoms with Gasteiger partial charge in [0, 0.05) is 31.1 Å². The molecule has 2 atom stereocenters. The number of fused-ring (bicyclic) bond motifs is 2. The van der Waals surface area contributed by atoms with E-state index in [1.54, 1.807) is 22.3 Å². The van der Waals surface area contributed by atoms with Crippen molar-refractivity contribution in [3.63, 3.8) is 0 Å². The molecule has 1 aromatic carbocycles. The molecule has 1 aromatic heterocycles. The van der Waals surface area contributed by atoms with Crippen molar-refractivity contribution in [3.05, 3.63) is 40.3 Å². The minimum absolute atomic E-state index is 0.0880. The summed E-state index contributed by atoms with van der Waals surface area (Å²) in [6, 6.07) is 9.32. The van der Waals surface area contributed by atoms with E-state index in [0.29, 0.717) is 48.2 Å². The SMILES string of the molecule is C[C@H](C(=O)Nc1sc2c(c1C#N)CCCCC2)N1CCN(C(=O)[C@H]2COc3ccccc3O2)CC1. The van der Waals surface area contributed by atoms with Crippen LogP contribution in [0.3, 0.4) is 0 Å². The van der Waals surface area contributed by atoms with Crippen LogP contribution < -0.4 is 14.8 Å². The number of aryl methyl sites for hydroxylation is 1. The van der Waals surface area contributed by atoms with Crippen LogP contribution in [0.2, 0.25) is 0 Å². The van der Waals surface area contributed by atoms with E-state index in [-0.39, 0.29) is 24.5 Å². The van der Waals surface area contributed by atoms with Crippen LogP contribution in [0.4, 0.5) is 5.00 Å². The molecule has 1 fully saturated rings. The van der Waals surface area contributed by atoms with Gasteiger partial charge in [-0.25, -0.2) is 0 Å². The summed E-state index contributed by atoms with van der Waals surface area (Å²) in [6.07, 6.45) is 4.66. The summed E-state index contributed by atoms with van der Waals surface area (Å²) in [7, 11) is 0. The van der Waals surface area contributed by atoms with Crippen LogP contribution in [0, 0.1) is 11.3 Å². The van der Waals surface area contributed by atoms with E-state index in [1.807, 2.05) is 25.1 Å². The van der Waals surface area contributed by atoms with E-state index in [4.69, 9.17) is 9.47 Å². The van der Waals surface area contributed by atoms with Crippen molar-refractivity contribution in [2.75, 3.05) is 38.1 Å². The van der Waals surface area contributed by atoms with E-state index >= 15 is 0 Å². The summed E-state index contributed by atoms with van der Waals surface area (Å²) in [5.41, 5.74) is 1.76. The van der Waals surface area contributed by atoms with Crippen LogP contribution in [0.15, 0.2) is 24.3 Å². The van der Waals surface area contributed by atoms with Gasteiger partial charge in [-0.15, -0.1) is 11.3 Å². The summed E-state index contributed by atoms with van der Waals surface area (Å²) in [5.74, 6) is 1.04. The van der Waals surface area contributed by atoms with Crippen molar-refractivity contribution in [1.82, 2.24) is 9.80 Å². The van der Waals surface area contributed by atoms with Gasteiger partial charge in [-0.1, -0.05) is 18.6 Å². The van der Waals surface area contributed by atoms with Crippen molar-refractivity contribution >= 4 is 28.2 Å². The van der Waals surface area contributed by atoms with Gasteiger partial charge in [0.1, 0.15) is 17.7 Å². The Balaban J connectivity index is 1.16. The lowest BCUT2D eigenvalue weighted by molar-refractivity contribution is -0.143. The number of nitrogens with one attached hydrogen (secondary N) is 1. The fraction of sp³-hybridized carbons (Fsp3) is 0.500. The molecule has 5 rings (SSSR count). The number of thiophene rings is 1. The third-order valence-electron chi connectivity index (χ3n) is 7.11. The normalized spacial score (nSPS) is 20.8. The highest BCUT2D eigenvalue weighted by Gasteiger charge is 2.34. The number of ether oxygens (including phenoxy) is 2. The van der Waals surface area contributed by atoms with Crippen molar-refractivity contribution in [3.8, 4) is 17.6 Å². The molecule has 1 aliphatic carbocycles. The summed E-state index contributed by atoms with van der Waals surface area (Å²) in [4.78, 5) is 31.2. The van der Waals surface area contributed by atoms with Crippen LogP contribution in [0.5, 0.6) is 11.5 Å². The molecule has 1 saturated heterocycles. The van der Waals surface area contributed by atoms with Crippen molar-refractivity contribution in [2.24, 2.45) is 0 Å². The first kappa shape index (κ1) is 23.6. The van der Waals surface area contributed by atoms with E-state index < -0.39 is 6.10 Å². The Hall–Kier alpha value is -3.09. The number of nitriles is 1. The average Bonchev–Trinajstić information content (AvgIpc) is 3.05. The maximum atomic E-state index is 13.1. The number of carbonyl (C=O) groups excluding carboxylic acids is 2. The van der Waals surface area contributed by atoms with Crippen LogP contribution in [0.1, 0.15) is 42.2 Å². The van der Waals surface area contributed by atoms with E-state index in [0.717, 1.165) is 31.2 Å². The van der Waals surface area contributed by atoms with Crippen LogP contribution >= 0.6 is 11.3 Å². The number of rotatable bonds is 4. The number of para-hydroxylation sites is 2. The predicted molar refractivity (Wildman–Crippen MR) is 133 cm³/mol. The fourth-order valence-corrected chi connectivity index (χ4v) is 6.25. The number of piperazine rings is 1. The molecular formula is C26H30N4O4S. The topological polar surface area (TPSA) is 94.9 Å². The van der Waals surface area contributed by atoms with Gasteiger partial charge in [-0.05, 0) is 50.3 Å². The van der Waals surface area contributed by atoms with Gasteiger partial charge >= 0.3 is 0 Å². The Morgan fingerprint density at radius 1 is 1.11 bits per heavy atom. The Kier molecular flexibility index (Phi) is 6.93. The minimum atomic E-state index is -0.657. The molecule has 0 unspecified atom stereocenters. The molecule has 35 heavy (non-hydrogen) atoms. The van der Waals surface area contributed by atoms with E-state index in [2.05, 4.69) is 16.3 Å². The lowest BCUT2D eigenvalue weighted by atomic mass is 10.1. The number of hydrogen-bond acceptors (Lipinski definition) is 7. The Morgan fingerprint density at radius 3 is 2.63 bits per heavy atom. The quantitative estimate of drug-likeness (QED) is 0.656. The molecule has 0 spiro atoms. The highest BCUT2D eigenvalue weighted by molar-refractivity contribution is 7.16. The second-order valence-electron chi connectivity index (χ2n) is 9.27. The van der Waals surface area contributed by atoms with Crippen molar-refractivity contribution in [2.45, 2.75) is 51.2 Å². The third kappa shape index (κ3) is 4.86. The zero-order chi connectivity index (χ0) is 24.4. The van der Waals surface area contributed by atoms with Crippen molar-refractivity contribution < 1.29 is 19.1 Å². The molecule has 3 aliphatic rings. The molecule has 2 amide bonds. The van der Waals surface area contributed by atoms with Gasteiger partial charge < -0.3 is 19.7 Å². The molecule has 0 bridgehead atoms. The minimum Gasteiger partial charge on any atom is -0.485 e.